The summed E-state index contributed by atoms with van der Waals surface area (Å²) in [4.78, 5) is 12.1. The van der Waals surface area contributed by atoms with Gasteiger partial charge in [-0.2, -0.15) is 0 Å². The Morgan fingerprint density at radius 3 is 2.83 bits per heavy atom. The molecular weight excluding hydrogens is 228 g/mol. The zero-order chi connectivity index (χ0) is 13.4. The second-order valence-electron chi connectivity index (χ2n) is 4.58. The lowest BCUT2D eigenvalue weighted by molar-refractivity contribution is 0.297. The zero-order valence-corrected chi connectivity index (χ0v) is 11.4. The average Bonchev–Trinajstić information content (AvgIpc) is 2.39. The summed E-state index contributed by atoms with van der Waals surface area (Å²) in [5.74, 6) is 0.425. The van der Waals surface area contributed by atoms with Crippen LogP contribution in [0.3, 0.4) is 0 Å². The van der Waals surface area contributed by atoms with Crippen molar-refractivity contribution in [2.75, 3.05) is 13.2 Å². The smallest absolute Gasteiger partial charge is 0.293 e. The third-order valence-electron chi connectivity index (χ3n) is 3.01. The SMILES string of the molecule is CCCCCCOc1cccn(C(C)CN)c1=O. The molecule has 0 fully saturated rings. The van der Waals surface area contributed by atoms with Crippen LogP contribution in [0.1, 0.15) is 45.6 Å². The summed E-state index contributed by atoms with van der Waals surface area (Å²) in [7, 11) is 0. The van der Waals surface area contributed by atoms with Crippen LogP contribution in [0.15, 0.2) is 23.1 Å². The van der Waals surface area contributed by atoms with Crippen molar-refractivity contribution < 1.29 is 4.74 Å². The fourth-order valence-electron chi connectivity index (χ4n) is 1.77. The Kier molecular flexibility index (Phi) is 6.50. The average molecular weight is 252 g/mol. The van der Waals surface area contributed by atoms with E-state index in [1.165, 1.54) is 12.8 Å². The van der Waals surface area contributed by atoms with Gasteiger partial charge >= 0.3 is 0 Å². The minimum absolute atomic E-state index is 0.00106. The lowest BCUT2D eigenvalue weighted by atomic mass is 10.2. The number of nitrogens with zero attached hydrogens (tertiary/aromatic N) is 1. The summed E-state index contributed by atoms with van der Waals surface area (Å²) in [6.07, 6.45) is 6.31. The van der Waals surface area contributed by atoms with Gasteiger partial charge in [0.25, 0.3) is 5.56 Å². The first kappa shape index (κ1) is 14.8. The van der Waals surface area contributed by atoms with E-state index in [2.05, 4.69) is 6.92 Å². The van der Waals surface area contributed by atoms with Crippen LogP contribution in [0.25, 0.3) is 0 Å². The van der Waals surface area contributed by atoms with Crippen LogP contribution >= 0.6 is 0 Å². The summed E-state index contributed by atoms with van der Waals surface area (Å²) < 4.78 is 7.17. The summed E-state index contributed by atoms with van der Waals surface area (Å²) in [5, 5.41) is 0. The molecule has 1 heterocycles. The van der Waals surface area contributed by atoms with E-state index in [0.29, 0.717) is 18.9 Å². The Hall–Kier alpha value is -1.29. The van der Waals surface area contributed by atoms with Gasteiger partial charge in [0, 0.05) is 18.8 Å². The minimum atomic E-state index is -0.0917. The lowest BCUT2D eigenvalue weighted by Gasteiger charge is -2.14. The molecule has 1 rings (SSSR count). The van der Waals surface area contributed by atoms with Gasteiger partial charge in [-0.05, 0) is 25.5 Å². The van der Waals surface area contributed by atoms with E-state index in [4.69, 9.17) is 10.5 Å². The van der Waals surface area contributed by atoms with Crippen molar-refractivity contribution in [1.82, 2.24) is 4.57 Å². The molecule has 1 aromatic rings. The van der Waals surface area contributed by atoms with Gasteiger partial charge in [-0.3, -0.25) is 4.79 Å². The lowest BCUT2D eigenvalue weighted by Crippen LogP contribution is -2.28. The number of pyridine rings is 1. The molecule has 0 aliphatic heterocycles. The molecule has 0 saturated carbocycles. The molecule has 0 aliphatic rings. The Morgan fingerprint density at radius 1 is 1.39 bits per heavy atom. The molecule has 1 aromatic heterocycles. The van der Waals surface area contributed by atoms with Crippen LogP contribution in [0.4, 0.5) is 0 Å². The van der Waals surface area contributed by atoms with Crippen LogP contribution in [-0.2, 0) is 0 Å². The van der Waals surface area contributed by atoms with Crippen LogP contribution < -0.4 is 16.0 Å². The maximum absolute atomic E-state index is 12.1. The highest BCUT2D eigenvalue weighted by Gasteiger charge is 2.08. The molecule has 0 spiro atoms. The molecule has 1 atom stereocenters. The molecule has 0 saturated heterocycles. The number of aromatic nitrogens is 1. The third kappa shape index (κ3) is 4.18. The van der Waals surface area contributed by atoms with Crippen LogP contribution in [0.5, 0.6) is 5.75 Å². The molecule has 102 valence electrons. The number of hydrogen-bond acceptors (Lipinski definition) is 3. The van der Waals surface area contributed by atoms with Gasteiger partial charge in [0.1, 0.15) is 0 Å². The van der Waals surface area contributed by atoms with Crippen molar-refractivity contribution in [3.8, 4) is 5.75 Å². The van der Waals surface area contributed by atoms with Gasteiger partial charge in [-0.1, -0.05) is 26.2 Å². The van der Waals surface area contributed by atoms with E-state index in [1.807, 2.05) is 13.0 Å². The van der Waals surface area contributed by atoms with Gasteiger partial charge in [-0.15, -0.1) is 0 Å². The van der Waals surface area contributed by atoms with Crippen molar-refractivity contribution in [1.29, 1.82) is 0 Å². The molecule has 18 heavy (non-hydrogen) atoms. The third-order valence-corrected chi connectivity index (χ3v) is 3.01. The standard InChI is InChI=1S/C14H24N2O2/c1-3-4-5-6-10-18-13-8-7-9-16(14(13)17)12(2)11-15/h7-9,12H,3-6,10-11,15H2,1-2H3. The van der Waals surface area contributed by atoms with Crippen molar-refractivity contribution in [3.05, 3.63) is 28.7 Å². The first-order valence-corrected chi connectivity index (χ1v) is 6.74. The number of hydrogen-bond donors (Lipinski definition) is 1. The van der Waals surface area contributed by atoms with E-state index in [1.54, 1.807) is 16.8 Å². The fourth-order valence-corrected chi connectivity index (χ4v) is 1.77. The highest BCUT2D eigenvalue weighted by atomic mass is 16.5. The summed E-state index contributed by atoms with van der Waals surface area (Å²) in [6.45, 7) is 5.15. The van der Waals surface area contributed by atoms with Gasteiger partial charge in [-0.25, -0.2) is 0 Å². The zero-order valence-electron chi connectivity index (χ0n) is 11.4. The maximum Gasteiger partial charge on any atom is 0.293 e. The van der Waals surface area contributed by atoms with Gasteiger partial charge < -0.3 is 15.0 Å². The molecule has 2 N–H and O–H groups in total. The molecule has 0 bridgehead atoms. The molecule has 4 heteroatoms. The molecule has 0 aliphatic carbocycles. The number of unbranched alkanes of at least 4 members (excludes halogenated alkanes) is 3. The highest BCUT2D eigenvalue weighted by molar-refractivity contribution is 5.17. The van der Waals surface area contributed by atoms with Crippen molar-refractivity contribution >= 4 is 0 Å². The van der Waals surface area contributed by atoms with Gasteiger partial charge in [0.15, 0.2) is 5.75 Å². The van der Waals surface area contributed by atoms with E-state index >= 15 is 0 Å². The monoisotopic (exact) mass is 252 g/mol. The summed E-state index contributed by atoms with van der Waals surface area (Å²) in [5.41, 5.74) is 5.49. The second kappa shape index (κ2) is 7.93. The summed E-state index contributed by atoms with van der Waals surface area (Å²) >= 11 is 0. The predicted molar refractivity (Wildman–Crippen MR) is 74.1 cm³/mol. The van der Waals surface area contributed by atoms with Crippen LogP contribution in [0.2, 0.25) is 0 Å². The second-order valence-corrected chi connectivity index (χ2v) is 4.58. The molecule has 0 amide bonds. The molecule has 0 aromatic carbocycles. The maximum atomic E-state index is 12.1. The van der Waals surface area contributed by atoms with Crippen molar-refractivity contribution in [3.63, 3.8) is 0 Å². The first-order chi connectivity index (χ1) is 8.70. The van der Waals surface area contributed by atoms with Crippen molar-refractivity contribution in [2.45, 2.75) is 45.6 Å². The number of nitrogens with two attached hydrogens (primary N) is 1. The van der Waals surface area contributed by atoms with E-state index in [9.17, 15) is 4.79 Å². The molecule has 0 radical (unpaired) electrons. The van der Waals surface area contributed by atoms with E-state index < -0.39 is 0 Å². The van der Waals surface area contributed by atoms with Gasteiger partial charge in [0.2, 0.25) is 0 Å². The van der Waals surface area contributed by atoms with Gasteiger partial charge in [0.05, 0.1) is 6.61 Å². The van der Waals surface area contributed by atoms with E-state index in [-0.39, 0.29) is 11.6 Å². The topological polar surface area (TPSA) is 57.2 Å². The predicted octanol–water partition coefficient (Wildman–Crippen LogP) is 2.33. The van der Waals surface area contributed by atoms with Crippen LogP contribution in [0, 0.1) is 0 Å². The van der Waals surface area contributed by atoms with E-state index in [0.717, 1.165) is 12.8 Å². The number of rotatable bonds is 8. The largest absolute Gasteiger partial charge is 0.488 e. The van der Waals surface area contributed by atoms with Crippen molar-refractivity contribution in [2.24, 2.45) is 5.73 Å². The fraction of sp³-hybridized carbons (Fsp3) is 0.643. The minimum Gasteiger partial charge on any atom is -0.488 e. The number of ether oxygens (including phenoxy) is 1. The molecular formula is C14H24N2O2. The first-order valence-electron chi connectivity index (χ1n) is 6.74. The Morgan fingerprint density at radius 2 is 2.17 bits per heavy atom. The normalized spacial score (nSPS) is 12.4. The molecule has 1 unspecified atom stereocenters. The summed E-state index contributed by atoms with van der Waals surface area (Å²) in [6, 6.07) is 3.55. The quantitative estimate of drug-likeness (QED) is 0.722. The van der Waals surface area contributed by atoms with Crippen LogP contribution in [-0.4, -0.2) is 17.7 Å². The highest BCUT2D eigenvalue weighted by Crippen LogP contribution is 2.07. The Bertz CT molecular complexity index is 401. The Balaban J connectivity index is 2.58. The Labute approximate surface area is 109 Å². The molecule has 4 nitrogen and oxygen atoms in total.